The number of hydrogen-bond donors (Lipinski definition) is 0. The van der Waals surface area contributed by atoms with Gasteiger partial charge in [0.15, 0.2) is 0 Å². The van der Waals surface area contributed by atoms with E-state index in [1.165, 1.54) is 16.8 Å². The fourth-order valence-corrected chi connectivity index (χ4v) is 1.79. The van der Waals surface area contributed by atoms with Crippen LogP contribution in [0.2, 0.25) is 0 Å². The minimum Gasteiger partial charge on any atom is -0.377 e. The van der Waals surface area contributed by atoms with Crippen LogP contribution in [0.15, 0.2) is 30.9 Å². The lowest BCUT2D eigenvalue weighted by atomic mass is 9.96. The molecule has 14 heavy (non-hydrogen) atoms. The minimum absolute atomic E-state index is 0.410. The van der Waals surface area contributed by atoms with Gasteiger partial charge >= 0.3 is 0 Å². The van der Waals surface area contributed by atoms with Gasteiger partial charge in [0.1, 0.15) is 0 Å². The van der Waals surface area contributed by atoms with Gasteiger partial charge in [0, 0.05) is 25.7 Å². The summed E-state index contributed by atoms with van der Waals surface area (Å²) in [6, 6.07) is 6.43. The number of aryl methyl sites for hydroxylation is 1. The Labute approximate surface area is 87.1 Å². The second kappa shape index (κ2) is 4.32. The van der Waals surface area contributed by atoms with Crippen molar-refractivity contribution in [1.29, 1.82) is 0 Å². The Bertz CT molecular complexity index is 326. The number of nitrogens with zero attached hydrogens (tertiary/aromatic N) is 1. The zero-order chi connectivity index (χ0) is 10.7. The molecule has 0 aliphatic carbocycles. The Morgan fingerprint density at radius 3 is 2.50 bits per heavy atom. The van der Waals surface area contributed by atoms with Gasteiger partial charge in [-0.3, -0.25) is 0 Å². The highest BCUT2D eigenvalue weighted by molar-refractivity contribution is 5.60. The maximum Gasteiger partial charge on any atom is 0.0429 e. The van der Waals surface area contributed by atoms with Crippen molar-refractivity contribution in [3.8, 4) is 0 Å². The summed E-state index contributed by atoms with van der Waals surface area (Å²) in [5.41, 5.74) is 3.99. The van der Waals surface area contributed by atoms with Crippen LogP contribution in [-0.2, 0) is 0 Å². The second-order valence-corrected chi connectivity index (χ2v) is 3.93. The van der Waals surface area contributed by atoms with Gasteiger partial charge in [-0.1, -0.05) is 31.2 Å². The molecule has 1 atom stereocenters. The molecule has 0 N–H and O–H groups in total. The van der Waals surface area contributed by atoms with E-state index in [4.69, 9.17) is 0 Å². The third-order valence-electron chi connectivity index (χ3n) is 2.56. The number of rotatable bonds is 3. The van der Waals surface area contributed by atoms with Crippen LogP contribution in [0.25, 0.3) is 0 Å². The van der Waals surface area contributed by atoms with Crippen molar-refractivity contribution < 1.29 is 0 Å². The van der Waals surface area contributed by atoms with Gasteiger partial charge in [0.25, 0.3) is 0 Å². The minimum atomic E-state index is 0.410. The number of benzene rings is 1. The summed E-state index contributed by atoms with van der Waals surface area (Å²) >= 11 is 0. The first-order chi connectivity index (χ1) is 6.57. The van der Waals surface area contributed by atoms with Gasteiger partial charge in [-0.15, -0.1) is 6.58 Å². The monoisotopic (exact) mass is 189 g/mol. The van der Waals surface area contributed by atoms with E-state index in [9.17, 15) is 0 Å². The van der Waals surface area contributed by atoms with Crippen molar-refractivity contribution in [2.45, 2.75) is 19.8 Å². The lowest BCUT2D eigenvalue weighted by molar-refractivity contribution is 0.946. The SMILES string of the molecule is C=CC(C)c1cccc(C)c1N(C)C. The van der Waals surface area contributed by atoms with E-state index < -0.39 is 0 Å². The molecular formula is C13H19N. The van der Waals surface area contributed by atoms with Crippen molar-refractivity contribution in [2.24, 2.45) is 0 Å². The van der Waals surface area contributed by atoms with Gasteiger partial charge in [0.05, 0.1) is 0 Å². The van der Waals surface area contributed by atoms with Crippen molar-refractivity contribution >= 4 is 5.69 Å². The largest absolute Gasteiger partial charge is 0.377 e. The predicted octanol–water partition coefficient (Wildman–Crippen LogP) is 3.35. The molecule has 76 valence electrons. The molecule has 0 aliphatic rings. The highest BCUT2D eigenvalue weighted by Crippen LogP contribution is 2.29. The molecule has 0 saturated carbocycles. The number of anilines is 1. The average molecular weight is 189 g/mol. The molecule has 1 heteroatoms. The van der Waals surface area contributed by atoms with E-state index in [0.717, 1.165) is 0 Å². The molecule has 0 heterocycles. The van der Waals surface area contributed by atoms with Crippen LogP contribution in [0.1, 0.15) is 24.0 Å². The maximum atomic E-state index is 3.85. The summed E-state index contributed by atoms with van der Waals surface area (Å²) in [6.45, 7) is 8.17. The Morgan fingerprint density at radius 2 is 2.00 bits per heavy atom. The molecule has 0 aliphatic heterocycles. The second-order valence-electron chi connectivity index (χ2n) is 3.93. The first-order valence-electron chi connectivity index (χ1n) is 4.97. The normalized spacial score (nSPS) is 12.3. The number of para-hydroxylation sites is 1. The third-order valence-corrected chi connectivity index (χ3v) is 2.56. The standard InChI is InChI=1S/C13H19N/c1-6-10(2)12-9-7-8-11(3)13(12)14(4)5/h6-10H,1H2,2-5H3. The molecule has 0 aromatic heterocycles. The van der Waals surface area contributed by atoms with Crippen LogP contribution in [0, 0.1) is 6.92 Å². The predicted molar refractivity (Wildman–Crippen MR) is 64.1 cm³/mol. The van der Waals surface area contributed by atoms with E-state index in [1.807, 2.05) is 6.08 Å². The van der Waals surface area contributed by atoms with Crippen molar-refractivity contribution in [3.05, 3.63) is 42.0 Å². The molecule has 1 unspecified atom stereocenters. The summed E-state index contributed by atoms with van der Waals surface area (Å²) in [6.07, 6.45) is 1.99. The summed E-state index contributed by atoms with van der Waals surface area (Å²) < 4.78 is 0. The van der Waals surface area contributed by atoms with Gasteiger partial charge in [0.2, 0.25) is 0 Å². The maximum absolute atomic E-state index is 3.85. The molecule has 1 rings (SSSR count). The molecule has 0 radical (unpaired) electrons. The molecule has 1 nitrogen and oxygen atoms in total. The highest BCUT2D eigenvalue weighted by Gasteiger charge is 2.10. The summed E-state index contributed by atoms with van der Waals surface area (Å²) in [5.74, 6) is 0.410. The first-order valence-corrected chi connectivity index (χ1v) is 4.97. The first kappa shape index (κ1) is 10.8. The fourth-order valence-electron chi connectivity index (χ4n) is 1.79. The number of hydrogen-bond acceptors (Lipinski definition) is 1. The average Bonchev–Trinajstić information content (AvgIpc) is 2.15. The lowest BCUT2D eigenvalue weighted by Crippen LogP contribution is -2.13. The van der Waals surface area contributed by atoms with E-state index >= 15 is 0 Å². The van der Waals surface area contributed by atoms with E-state index in [0.29, 0.717) is 5.92 Å². The number of allylic oxidation sites excluding steroid dienone is 1. The van der Waals surface area contributed by atoms with Crippen LogP contribution in [0.4, 0.5) is 5.69 Å². The van der Waals surface area contributed by atoms with Crippen LogP contribution in [-0.4, -0.2) is 14.1 Å². The molecule has 1 aromatic rings. The van der Waals surface area contributed by atoms with E-state index in [2.05, 4.69) is 57.6 Å². The molecule has 0 spiro atoms. The molecule has 1 aromatic carbocycles. The van der Waals surface area contributed by atoms with Crippen LogP contribution in [0.3, 0.4) is 0 Å². The topological polar surface area (TPSA) is 3.24 Å². The summed E-state index contributed by atoms with van der Waals surface area (Å²) in [4.78, 5) is 2.17. The smallest absolute Gasteiger partial charge is 0.0429 e. The van der Waals surface area contributed by atoms with E-state index in [-0.39, 0.29) is 0 Å². The molecular weight excluding hydrogens is 170 g/mol. The van der Waals surface area contributed by atoms with E-state index in [1.54, 1.807) is 0 Å². The Hall–Kier alpha value is -1.24. The quantitative estimate of drug-likeness (QED) is 0.659. The molecule has 0 fully saturated rings. The van der Waals surface area contributed by atoms with Gasteiger partial charge < -0.3 is 4.90 Å². The van der Waals surface area contributed by atoms with Crippen molar-refractivity contribution in [3.63, 3.8) is 0 Å². The Kier molecular flexibility index (Phi) is 3.34. The van der Waals surface area contributed by atoms with Crippen molar-refractivity contribution in [2.75, 3.05) is 19.0 Å². The van der Waals surface area contributed by atoms with Crippen LogP contribution >= 0.6 is 0 Å². The fraction of sp³-hybridized carbons (Fsp3) is 0.385. The zero-order valence-electron chi connectivity index (χ0n) is 9.54. The molecule has 0 bridgehead atoms. The third kappa shape index (κ3) is 1.98. The van der Waals surface area contributed by atoms with Crippen LogP contribution < -0.4 is 4.90 Å². The lowest BCUT2D eigenvalue weighted by Gasteiger charge is -2.22. The summed E-state index contributed by atoms with van der Waals surface area (Å²) in [5, 5.41) is 0. The molecule has 0 amide bonds. The Morgan fingerprint density at radius 1 is 1.36 bits per heavy atom. The van der Waals surface area contributed by atoms with Gasteiger partial charge in [-0.2, -0.15) is 0 Å². The van der Waals surface area contributed by atoms with Gasteiger partial charge in [-0.25, -0.2) is 0 Å². The Balaban J connectivity index is 3.27. The highest BCUT2D eigenvalue weighted by atomic mass is 15.1. The molecule has 0 saturated heterocycles. The van der Waals surface area contributed by atoms with Gasteiger partial charge in [-0.05, 0) is 18.1 Å². The zero-order valence-corrected chi connectivity index (χ0v) is 9.54. The van der Waals surface area contributed by atoms with Crippen LogP contribution in [0.5, 0.6) is 0 Å². The van der Waals surface area contributed by atoms with Crippen molar-refractivity contribution in [1.82, 2.24) is 0 Å². The summed E-state index contributed by atoms with van der Waals surface area (Å²) in [7, 11) is 4.17.